The van der Waals surface area contributed by atoms with Gasteiger partial charge in [-0.3, -0.25) is 10.1 Å². The molecule has 9 heteroatoms. The van der Waals surface area contributed by atoms with Crippen molar-refractivity contribution in [3.05, 3.63) is 56.4 Å². The number of allylic oxidation sites excluding steroid dienone is 1. The molecule has 2 aromatic heterocycles. The zero-order valence-corrected chi connectivity index (χ0v) is 12.0. The van der Waals surface area contributed by atoms with Crippen molar-refractivity contribution in [3.8, 4) is 6.07 Å². The third-order valence-corrected chi connectivity index (χ3v) is 4.88. The van der Waals surface area contributed by atoms with Gasteiger partial charge in [-0.2, -0.15) is 5.26 Å². The van der Waals surface area contributed by atoms with E-state index in [1.165, 1.54) is 29.8 Å². The highest BCUT2D eigenvalue weighted by molar-refractivity contribution is 7.95. The Morgan fingerprint density at radius 1 is 1.48 bits per heavy atom. The lowest BCUT2D eigenvalue weighted by molar-refractivity contribution is -0.380. The first-order valence-corrected chi connectivity index (χ1v) is 7.82. The lowest BCUT2D eigenvalue weighted by Gasteiger charge is -2.00. The Morgan fingerprint density at radius 3 is 2.76 bits per heavy atom. The van der Waals surface area contributed by atoms with Gasteiger partial charge in [0.05, 0.1) is 4.92 Å². The van der Waals surface area contributed by atoms with Gasteiger partial charge in [0.25, 0.3) is 0 Å². The van der Waals surface area contributed by atoms with Gasteiger partial charge < -0.3 is 0 Å². The van der Waals surface area contributed by atoms with E-state index >= 15 is 0 Å². The first-order chi connectivity index (χ1) is 9.95. The molecule has 7 nitrogen and oxygen atoms in total. The minimum atomic E-state index is -4.04. The summed E-state index contributed by atoms with van der Waals surface area (Å²) in [7, 11) is -4.04. The minimum absolute atomic E-state index is 0.131. The first kappa shape index (κ1) is 14.8. The van der Waals surface area contributed by atoms with E-state index in [4.69, 9.17) is 5.26 Å². The molecule has 0 aromatic carbocycles. The summed E-state index contributed by atoms with van der Waals surface area (Å²) in [6.45, 7) is 0. The predicted octanol–water partition coefficient (Wildman–Crippen LogP) is 2.39. The fraction of sp³-hybridized carbons (Fsp3) is 0. The molecule has 0 N–H and O–H groups in total. The second kappa shape index (κ2) is 5.82. The van der Waals surface area contributed by atoms with Gasteiger partial charge >= 0.3 is 5.00 Å². The van der Waals surface area contributed by atoms with Crippen molar-refractivity contribution < 1.29 is 13.3 Å². The second-order valence-electron chi connectivity index (χ2n) is 3.77. The highest BCUT2D eigenvalue weighted by atomic mass is 32.2. The Hall–Kier alpha value is -2.57. The van der Waals surface area contributed by atoms with Crippen LogP contribution in [0, 0.1) is 21.4 Å². The molecule has 21 heavy (non-hydrogen) atoms. The SMILES string of the molecule is N#C/C(=C/c1csc([N+](=O)[O-])c1)S(=O)(=O)c1ccccn1. The van der Waals surface area contributed by atoms with Crippen molar-refractivity contribution >= 4 is 32.3 Å². The smallest absolute Gasteiger partial charge is 0.258 e. The fourth-order valence-corrected chi connectivity index (χ4v) is 3.23. The lowest BCUT2D eigenvalue weighted by atomic mass is 10.3. The highest BCUT2D eigenvalue weighted by Gasteiger charge is 2.22. The van der Waals surface area contributed by atoms with Gasteiger partial charge in [-0.1, -0.05) is 17.4 Å². The number of rotatable bonds is 4. The summed E-state index contributed by atoms with van der Waals surface area (Å²) in [5.41, 5.74) is 0.280. The lowest BCUT2D eigenvalue weighted by Crippen LogP contribution is -2.05. The van der Waals surface area contributed by atoms with E-state index in [-0.39, 0.29) is 15.6 Å². The van der Waals surface area contributed by atoms with E-state index < -0.39 is 19.7 Å². The number of hydrogen-bond acceptors (Lipinski definition) is 7. The van der Waals surface area contributed by atoms with E-state index in [2.05, 4.69) is 4.98 Å². The fourth-order valence-electron chi connectivity index (χ4n) is 1.45. The summed E-state index contributed by atoms with van der Waals surface area (Å²) in [6.07, 6.45) is 2.39. The van der Waals surface area contributed by atoms with Crippen molar-refractivity contribution in [1.82, 2.24) is 4.98 Å². The van der Waals surface area contributed by atoms with Gasteiger partial charge in [0, 0.05) is 17.6 Å². The summed E-state index contributed by atoms with van der Waals surface area (Å²) in [5, 5.41) is 20.7. The van der Waals surface area contributed by atoms with Gasteiger partial charge in [0.1, 0.15) is 6.07 Å². The van der Waals surface area contributed by atoms with E-state index in [1.54, 1.807) is 12.1 Å². The Kier molecular flexibility index (Phi) is 4.11. The van der Waals surface area contributed by atoms with Crippen LogP contribution in [-0.2, 0) is 9.84 Å². The predicted molar refractivity (Wildman–Crippen MR) is 76.0 cm³/mol. The Labute approximate surface area is 123 Å². The summed E-state index contributed by atoms with van der Waals surface area (Å²) >= 11 is 0.853. The second-order valence-corrected chi connectivity index (χ2v) is 6.52. The normalized spacial score (nSPS) is 11.9. The van der Waals surface area contributed by atoms with Crippen LogP contribution in [0.3, 0.4) is 0 Å². The Bertz CT molecular complexity index is 848. The van der Waals surface area contributed by atoms with Crippen LogP contribution < -0.4 is 0 Å². The molecule has 0 aliphatic heterocycles. The zero-order chi connectivity index (χ0) is 15.5. The van der Waals surface area contributed by atoms with Crippen molar-refractivity contribution in [2.75, 3.05) is 0 Å². The van der Waals surface area contributed by atoms with E-state index in [1.807, 2.05) is 0 Å². The standard InChI is InChI=1S/C12H7N3O4S2/c13-7-10(5-9-6-12(15(16)17)20-8-9)21(18,19)11-3-1-2-4-14-11/h1-6,8H/b10-5-. The summed E-state index contributed by atoms with van der Waals surface area (Å²) < 4.78 is 24.4. The van der Waals surface area contributed by atoms with Crippen molar-refractivity contribution in [3.63, 3.8) is 0 Å². The molecule has 0 radical (unpaired) electrons. The van der Waals surface area contributed by atoms with Gasteiger partial charge in [0.15, 0.2) is 9.93 Å². The monoisotopic (exact) mass is 321 g/mol. The molecular weight excluding hydrogens is 314 g/mol. The minimum Gasteiger partial charge on any atom is -0.258 e. The molecule has 0 atom stereocenters. The van der Waals surface area contributed by atoms with Gasteiger partial charge in [0.2, 0.25) is 9.84 Å². The molecule has 2 rings (SSSR count). The van der Waals surface area contributed by atoms with E-state index in [0.717, 1.165) is 17.4 Å². The molecule has 0 spiro atoms. The van der Waals surface area contributed by atoms with Crippen LogP contribution in [0.25, 0.3) is 6.08 Å². The number of sulfone groups is 1. The number of aromatic nitrogens is 1. The average Bonchev–Trinajstić information content (AvgIpc) is 2.94. The van der Waals surface area contributed by atoms with Crippen LogP contribution in [0.5, 0.6) is 0 Å². The molecule has 0 bridgehead atoms. The van der Waals surface area contributed by atoms with Crippen LogP contribution in [-0.4, -0.2) is 18.3 Å². The topological polar surface area (TPSA) is 114 Å². The highest BCUT2D eigenvalue weighted by Crippen LogP contribution is 2.26. The van der Waals surface area contributed by atoms with Gasteiger partial charge in [-0.05, 0) is 23.8 Å². The largest absolute Gasteiger partial charge is 0.324 e. The van der Waals surface area contributed by atoms with Crippen molar-refractivity contribution in [2.45, 2.75) is 5.03 Å². The molecule has 2 heterocycles. The number of thiophene rings is 1. The maximum Gasteiger partial charge on any atom is 0.324 e. The van der Waals surface area contributed by atoms with Crippen LogP contribution in [0.15, 0.2) is 45.8 Å². The number of nitriles is 1. The Balaban J connectivity index is 2.46. The summed E-state index contributed by atoms with van der Waals surface area (Å²) in [5.74, 6) is 0. The molecule has 0 aliphatic carbocycles. The van der Waals surface area contributed by atoms with Crippen molar-refractivity contribution in [1.29, 1.82) is 5.26 Å². The molecule has 0 saturated carbocycles. The number of hydrogen-bond donors (Lipinski definition) is 0. The van der Waals surface area contributed by atoms with E-state index in [0.29, 0.717) is 0 Å². The average molecular weight is 321 g/mol. The summed E-state index contributed by atoms with van der Waals surface area (Å²) in [6, 6.07) is 7.12. The Morgan fingerprint density at radius 2 is 2.24 bits per heavy atom. The van der Waals surface area contributed by atoms with Crippen LogP contribution in [0.1, 0.15) is 5.56 Å². The summed E-state index contributed by atoms with van der Waals surface area (Å²) in [4.78, 5) is 13.2. The maximum atomic E-state index is 12.2. The van der Waals surface area contributed by atoms with Gasteiger partial charge in [-0.25, -0.2) is 13.4 Å². The molecule has 0 amide bonds. The molecule has 106 valence electrons. The van der Waals surface area contributed by atoms with Crippen LogP contribution >= 0.6 is 11.3 Å². The quantitative estimate of drug-likeness (QED) is 0.485. The van der Waals surface area contributed by atoms with E-state index in [9.17, 15) is 18.5 Å². The molecular formula is C12H7N3O4S2. The van der Waals surface area contributed by atoms with Crippen molar-refractivity contribution in [2.24, 2.45) is 0 Å². The number of pyridine rings is 1. The molecule has 0 aliphatic rings. The maximum absolute atomic E-state index is 12.2. The number of nitro groups is 1. The molecule has 2 aromatic rings. The third kappa shape index (κ3) is 3.13. The molecule has 0 saturated heterocycles. The third-order valence-electron chi connectivity index (χ3n) is 2.40. The first-order valence-electron chi connectivity index (χ1n) is 5.46. The molecule has 0 fully saturated rings. The number of nitrogens with zero attached hydrogens (tertiary/aromatic N) is 3. The zero-order valence-electron chi connectivity index (χ0n) is 10.3. The molecule has 0 unspecified atom stereocenters. The van der Waals surface area contributed by atoms with Crippen LogP contribution in [0.4, 0.5) is 5.00 Å². The van der Waals surface area contributed by atoms with Gasteiger partial charge in [-0.15, -0.1) is 0 Å². The van der Waals surface area contributed by atoms with Crippen LogP contribution in [0.2, 0.25) is 0 Å².